The fraction of sp³-hybridized carbons (Fsp3) is 0.533. The number of nitrogen functional groups attached to an aromatic ring is 1. The van der Waals surface area contributed by atoms with Crippen molar-refractivity contribution >= 4 is 17.3 Å². The summed E-state index contributed by atoms with van der Waals surface area (Å²) in [6.07, 6.45) is 0.550. The fourth-order valence-corrected chi connectivity index (χ4v) is 1.58. The van der Waals surface area contributed by atoms with Crippen LogP contribution >= 0.6 is 0 Å². The van der Waals surface area contributed by atoms with Crippen molar-refractivity contribution in [2.24, 2.45) is 11.3 Å². The molecule has 0 aliphatic rings. The van der Waals surface area contributed by atoms with Crippen LogP contribution in [-0.2, 0) is 4.79 Å². The highest BCUT2D eigenvalue weighted by Crippen LogP contribution is 2.29. The molecule has 18 heavy (non-hydrogen) atoms. The Bertz CT molecular complexity index is 421. The molecule has 0 radical (unpaired) electrons. The van der Waals surface area contributed by atoms with E-state index in [2.05, 4.69) is 27.7 Å². The summed E-state index contributed by atoms with van der Waals surface area (Å²) < 4.78 is 0. The van der Waals surface area contributed by atoms with Gasteiger partial charge >= 0.3 is 0 Å². The second kappa shape index (κ2) is 5.42. The Balaban J connectivity index is 2.73. The Hall–Kier alpha value is -1.51. The summed E-state index contributed by atoms with van der Waals surface area (Å²) in [6.45, 7) is 8.59. The molecule has 0 aromatic heterocycles. The van der Waals surface area contributed by atoms with Crippen LogP contribution in [0.15, 0.2) is 24.3 Å². The number of benzene rings is 1. The number of amides is 1. The summed E-state index contributed by atoms with van der Waals surface area (Å²) in [5.74, 6) is 0.469. The lowest BCUT2D eigenvalue weighted by Gasteiger charge is -2.28. The summed E-state index contributed by atoms with van der Waals surface area (Å²) >= 11 is 0. The molecule has 0 bridgehead atoms. The third-order valence-corrected chi connectivity index (χ3v) is 3.59. The molecule has 1 amide bonds. The van der Waals surface area contributed by atoms with Gasteiger partial charge in [-0.1, -0.05) is 33.8 Å². The van der Waals surface area contributed by atoms with Gasteiger partial charge in [0.15, 0.2) is 0 Å². The predicted octanol–water partition coefficient (Wildman–Crippen LogP) is 3.30. The van der Waals surface area contributed by atoms with E-state index in [1.807, 2.05) is 24.3 Å². The molecular formula is C15H24N2O. The fourth-order valence-electron chi connectivity index (χ4n) is 1.58. The minimum atomic E-state index is 0.128. The van der Waals surface area contributed by atoms with Gasteiger partial charge in [0, 0.05) is 24.8 Å². The zero-order valence-corrected chi connectivity index (χ0v) is 12.0. The molecular weight excluding hydrogens is 224 g/mol. The second-order valence-electron chi connectivity index (χ2n) is 6.02. The van der Waals surface area contributed by atoms with Crippen molar-refractivity contribution in [2.45, 2.75) is 34.1 Å². The maximum atomic E-state index is 12.2. The SMILES string of the molecule is CC(CC(=O)N(C)c1cccc(N)c1)C(C)(C)C. The van der Waals surface area contributed by atoms with E-state index in [0.717, 1.165) is 5.69 Å². The molecule has 1 rings (SSSR count). The minimum absolute atomic E-state index is 0.128. The quantitative estimate of drug-likeness (QED) is 0.834. The lowest BCUT2D eigenvalue weighted by atomic mass is 9.80. The summed E-state index contributed by atoms with van der Waals surface area (Å²) in [6, 6.07) is 7.40. The lowest BCUT2D eigenvalue weighted by Crippen LogP contribution is -2.31. The van der Waals surface area contributed by atoms with Crippen LogP contribution in [0.1, 0.15) is 34.1 Å². The normalized spacial score (nSPS) is 13.2. The number of carbonyl (C=O) groups is 1. The Morgan fingerprint density at radius 2 is 2.00 bits per heavy atom. The molecule has 0 saturated carbocycles. The van der Waals surface area contributed by atoms with Gasteiger partial charge in [-0.3, -0.25) is 4.79 Å². The molecule has 100 valence electrons. The first-order valence-corrected chi connectivity index (χ1v) is 6.34. The van der Waals surface area contributed by atoms with Crippen LogP contribution in [0.5, 0.6) is 0 Å². The van der Waals surface area contributed by atoms with Crippen LogP contribution < -0.4 is 10.6 Å². The minimum Gasteiger partial charge on any atom is -0.399 e. The first-order chi connectivity index (χ1) is 8.21. The largest absolute Gasteiger partial charge is 0.399 e. The maximum Gasteiger partial charge on any atom is 0.227 e. The third kappa shape index (κ3) is 3.76. The van der Waals surface area contributed by atoms with Crippen LogP contribution in [0, 0.1) is 11.3 Å². The molecule has 0 fully saturated rings. The Morgan fingerprint density at radius 3 is 2.50 bits per heavy atom. The lowest BCUT2D eigenvalue weighted by molar-refractivity contribution is -0.119. The van der Waals surface area contributed by atoms with Gasteiger partial charge in [-0.2, -0.15) is 0 Å². The highest BCUT2D eigenvalue weighted by molar-refractivity contribution is 5.93. The summed E-state index contributed by atoms with van der Waals surface area (Å²) in [4.78, 5) is 13.9. The van der Waals surface area contributed by atoms with E-state index in [1.165, 1.54) is 0 Å². The van der Waals surface area contributed by atoms with Crippen molar-refractivity contribution in [1.29, 1.82) is 0 Å². The number of nitrogens with zero attached hydrogens (tertiary/aromatic N) is 1. The Kier molecular flexibility index (Phi) is 4.38. The van der Waals surface area contributed by atoms with E-state index in [9.17, 15) is 4.79 Å². The van der Waals surface area contributed by atoms with Crippen LogP contribution in [-0.4, -0.2) is 13.0 Å². The molecule has 1 aromatic carbocycles. The van der Waals surface area contributed by atoms with Crippen LogP contribution in [0.25, 0.3) is 0 Å². The van der Waals surface area contributed by atoms with Crippen molar-refractivity contribution in [2.75, 3.05) is 17.7 Å². The molecule has 3 nitrogen and oxygen atoms in total. The van der Waals surface area contributed by atoms with Gasteiger partial charge in [0.05, 0.1) is 0 Å². The zero-order chi connectivity index (χ0) is 13.9. The van der Waals surface area contributed by atoms with Gasteiger partial charge in [-0.25, -0.2) is 0 Å². The number of nitrogens with two attached hydrogens (primary N) is 1. The van der Waals surface area contributed by atoms with Crippen LogP contribution in [0.4, 0.5) is 11.4 Å². The number of hydrogen-bond acceptors (Lipinski definition) is 2. The highest BCUT2D eigenvalue weighted by atomic mass is 16.2. The number of hydrogen-bond donors (Lipinski definition) is 1. The van der Waals surface area contributed by atoms with Gasteiger partial charge in [0.2, 0.25) is 5.91 Å². The number of rotatable bonds is 3. The zero-order valence-electron chi connectivity index (χ0n) is 12.0. The smallest absolute Gasteiger partial charge is 0.227 e. The van der Waals surface area contributed by atoms with Crippen LogP contribution in [0.3, 0.4) is 0 Å². The maximum absolute atomic E-state index is 12.2. The Labute approximate surface area is 110 Å². The standard InChI is InChI=1S/C15H24N2O/c1-11(15(2,3)4)9-14(18)17(5)13-8-6-7-12(16)10-13/h6-8,10-11H,9,16H2,1-5H3. The Morgan fingerprint density at radius 1 is 1.39 bits per heavy atom. The van der Waals surface area contributed by atoms with Crippen LogP contribution in [0.2, 0.25) is 0 Å². The van der Waals surface area contributed by atoms with Crippen molar-refractivity contribution in [3.8, 4) is 0 Å². The average Bonchev–Trinajstić information content (AvgIpc) is 2.26. The molecule has 1 unspecified atom stereocenters. The molecule has 0 aliphatic carbocycles. The van der Waals surface area contributed by atoms with Gasteiger partial charge in [-0.05, 0) is 29.5 Å². The van der Waals surface area contributed by atoms with Crippen molar-refractivity contribution in [3.63, 3.8) is 0 Å². The van der Waals surface area contributed by atoms with E-state index in [0.29, 0.717) is 18.0 Å². The van der Waals surface area contributed by atoms with Gasteiger partial charge in [0.1, 0.15) is 0 Å². The molecule has 1 atom stereocenters. The number of anilines is 2. The molecule has 0 spiro atoms. The van der Waals surface area contributed by atoms with Crippen molar-refractivity contribution in [1.82, 2.24) is 0 Å². The average molecular weight is 248 g/mol. The van der Waals surface area contributed by atoms with Crippen molar-refractivity contribution < 1.29 is 4.79 Å². The monoisotopic (exact) mass is 248 g/mol. The molecule has 3 heteroatoms. The van der Waals surface area contributed by atoms with Gasteiger partial charge < -0.3 is 10.6 Å². The summed E-state index contributed by atoms with van der Waals surface area (Å²) in [5.41, 5.74) is 7.40. The molecule has 0 aliphatic heterocycles. The summed E-state index contributed by atoms with van der Waals surface area (Å²) in [5, 5.41) is 0. The van der Waals surface area contributed by atoms with Crippen molar-refractivity contribution in [3.05, 3.63) is 24.3 Å². The second-order valence-corrected chi connectivity index (χ2v) is 6.02. The topological polar surface area (TPSA) is 46.3 Å². The number of carbonyl (C=O) groups excluding carboxylic acids is 1. The van der Waals surface area contributed by atoms with Gasteiger partial charge in [-0.15, -0.1) is 0 Å². The van der Waals surface area contributed by atoms with E-state index in [1.54, 1.807) is 11.9 Å². The highest BCUT2D eigenvalue weighted by Gasteiger charge is 2.24. The third-order valence-electron chi connectivity index (χ3n) is 3.59. The first-order valence-electron chi connectivity index (χ1n) is 6.34. The first kappa shape index (κ1) is 14.6. The molecule has 2 N–H and O–H groups in total. The van der Waals surface area contributed by atoms with E-state index >= 15 is 0 Å². The molecule has 0 heterocycles. The van der Waals surface area contributed by atoms with E-state index in [-0.39, 0.29) is 11.3 Å². The predicted molar refractivity (Wildman–Crippen MR) is 77.5 cm³/mol. The van der Waals surface area contributed by atoms with Gasteiger partial charge in [0.25, 0.3) is 0 Å². The molecule has 0 saturated heterocycles. The van der Waals surface area contributed by atoms with E-state index in [4.69, 9.17) is 5.73 Å². The summed E-state index contributed by atoms with van der Waals surface area (Å²) in [7, 11) is 1.80. The molecule has 1 aromatic rings. The van der Waals surface area contributed by atoms with E-state index < -0.39 is 0 Å².